The lowest BCUT2D eigenvalue weighted by molar-refractivity contribution is 0.0697. The Hall–Kier alpha value is -1.07. The van der Waals surface area contributed by atoms with Crippen molar-refractivity contribution in [3.8, 4) is 0 Å². The van der Waals surface area contributed by atoms with Crippen molar-refractivity contribution >= 4 is 27.6 Å². The molecule has 1 aromatic rings. The third-order valence-corrected chi connectivity index (χ3v) is 4.36. The highest BCUT2D eigenvalue weighted by Gasteiger charge is 2.25. The van der Waals surface area contributed by atoms with Crippen LogP contribution in [0, 0.1) is 5.41 Å². The van der Waals surface area contributed by atoms with E-state index in [4.69, 9.17) is 5.11 Å². The lowest BCUT2D eigenvalue weighted by Crippen LogP contribution is -2.32. The molecule has 1 rings (SSSR count). The molecule has 0 heterocycles. The number of hydrogen-bond donors (Lipinski definition) is 3. The molecule has 0 bridgehead atoms. The highest BCUT2D eigenvalue weighted by molar-refractivity contribution is 9.10. The number of aliphatic hydroxyl groups excluding tert-OH is 1. The van der Waals surface area contributed by atoms with Crippen molar-refractivity contribution < 1.29 is 15.0 Å². The Kier molecular flexibility index (Phi) is 5.82. The summed E-state index contributed by atoms with van der Waals surface area (Å²) in [6.07, 6.45) is 1.77. The first-order valence-corrected chi connectivity index (χ1v) is 7.15. The van der Waals surface area contributed by atoms with Gasteiger partial charge in [0.05, 0.1) is 12.2 Å². The van der Waals surface area contributed by atoms with E-state index in [9.17, 15) is 9.90 Å². The second-order valence-corrected chi connectivity index (χ2v) is 5.57. The van der Waals surface area contributed by atoms with Gasteiger partial charge in [0, 0.05) is 22.1 Å². The molecule has 19 heavy (non-hydrogen) atoms. The summed E-state index contributed by atoms with van der Waals surface area (Å²) in [5.74, 6) is -0.945. The monoisotopic (exact) mass is 329 g/mol. The maximum atomic E-state index is 10.8. The molecule has 0 atom stereocenters. The zero-order valence-corrected chi connectivity index (χ0v) is 12.8. The summed E-state index contributed by atoms with van der Waals surface area (Å²) in [5.41, 5.74) is 0.951. The SMILES string of the molecule is CCC(CC)(CO)CNc1ccc(C(=O)O)cc1Br. The van der Waals surface area contributed by atoms with E-state index in [0.717, 1.165) is 18.5 Å². The zero-order valence-electron chi connectivity index (χ0n) is 11.2. The molecule has 0 aliphatic rings. The Bertz CT molecular complexity index is 436. The Balaban J connectivity index is 2.80. The van der Waals surface area contributed by atoms with Crippen LogP contribution in [0.4, 0.5) is 5.69 Å². The van der Waals surface area contributed by atoms with E-state index in [1.165, 1.54) is 0 Å². The Morgan fingerprint density at radius 1 is 1.37 bits per heavy atom. The predicted molar refractivity (Wildman–Crippen MR) is 79.7 cm³/mol. The minimum absolute atomic E-state index is 0.134. The zero-order chi connectivity index (χ0) is 14.5. The Morgan fingerprint density at radius 2 is 2.00 bits per heavy atom. The van der Waals surface area contributed by atoms with Crippen LogP contribution in [0.15, 0.2) is 22.7 Å². The number of benzene rings is 1. The van der Waals surface area contributed by atoms with Crippen molar-refractivity contribution in [3.63, 3.8) is 0 Å². The van der Waals surface area contributed by atoms with Crippen LogP contribution >= 0.6 is 15.9 Å². The fraction of sp³-hybridized carbons (Fsp3) is 0.500. The van der Waals surface area contributed by atoms with Crippen molar-refractivity contribution in [1.82, 2.24) is 0 Å². The molecule has 0 aliphatic carbocycles. The van der Waals surface area contributed by atoms with Gasteiger partial charge in [0.25, 0.3) is 0 Å². The van der Waals surface area contributed by atoms with Crippen LogP contribution in [-0.2, 0) is 0 Å². The van der Waals surface area contributed by atoms with Gasteiger partial charge in [-0.05, 0) is 47.0 Å². The van der Waals surface area contributed by atoms with E-state index in [1.54, 1.807) is 18.2 Å². The van der Waals surface area contributed by atoms with Crippen molar-refractivity contribution in [2.24, 2.45) is 5.41 Å². The number of carbonyl (C=O) groups is 1. The molecule has 3 N–H and O–H groups in total. The third kappa shape index (κ3) is 3.94. The molecule has 0 saturated heterocycles. The number of nitrogens with one attached hydrogen (secondary N) is 1. The molecule has 0 aliphatic heterocycles. The third-order valence-electron chi connectivity index (χ3n) is 3.71. The van der Waals surface area contributed by atoms with Crippen LogP contribution in [0.25, 0.3) is 0 Å². The van der Waals surface area contributed by atoms with Gasteiger partial charge in [-0.2, -0.15) is 0 Å². The van der Waals surface area contributed by atoms with Crippen LogP contribution in [0.3, 0.4) is 0 Å². The van der Waals surface area contributed by atoms with Gasteiger partial charge in [0.2, 0.25) is 0 Å². The normalized spacial score (nSPS) is 11.4. The van der Waals surface area contributed by atoms with Crippen molar-refractivity contribution in [1.29, 1.82) is 0 Å². The van der Waals surface area contributed by atoms with E-state index in [1.807, 2.05) is 0 Å². The standard InChI is InChI=1S/C14H20BrNO3/c1-3-14(4-2,9-17)8-16-12-6-5-10(13(18)19)7-11(12)15/h5-7,16-17H,3-4,8-9H2,1-2H3,(H,18,19). The fourth-order valence-electron chi connectivity index (χ4n) is 1.85. The van der Waals surface area contributed by atoms with Gasteiger partial charge in [-0.15, -0.1) is 0 Å². The molecule has 0 fully saturated rings. The number of carboxylic acid groups (broad SMARTS) is 1. The van der Waals surface area contributed by atoms with Gasteiger partial charge in [0.1, 0.15) is 0 Å². The topological polar surface area (TPSA) is 69.6 Å². The van der Waals surface area contributed by atoms with Crippen LogP contribution < -0.4 is 5.32 Å². The van der Waals surface area contributed by atoms with E-state index in [2.05, 4.69) is 35.1 Å². The molecule has 0 amide bonds. The quantitative estimate of drug-likeness (QED) is 0.717. The summed E-state index contributed by atoms with van der Waals surface area (Å²) >= 11 is 3.36. The summed E-state index contributed by atoms with van der Waals surface area (Å²) in [7, 11) is 0. The maximum Gasteiger partial charge on any atom is 0.335 e. The molecule has 0 spiro atoms. The first-order chi connectivity index (χ1) is 8.98. The summed E-state index contributed by atoms with van der Waals surface area (Å²) in [6, 6.07) is 4.87. The molecule has 5 heteroatoms. The van der Waals surface area contributed by atoms with Gasteiger partial charge in [0.15, 0.2) is 0 Å². The molecule has 0 unspecified atom stereocenters. The van der Waals surface area contributed by atoms with Gasteiger partial charge >= 0.3 is 5.97 Å². The second kappa shape index (κ2) is 6.91. The van der Waals surface area contributed by atoms with Crippen LogP contribution in [0.5, 0.6) is 0 Å². The lowest BCUT2D eigenvalue weighted by atomic mass is 9.83. The predicted octanol–water partition coefficient (Wildman–Crippen LogP) is 3.36. The minimum atomic E-state index is -0.945. The van der Waals surface area contributed by atoms with Gasteiger partial charge < -0.3 is 15.5 Å². The van der Waals surface area contributed by atoms with E-state index in [0.29, 0.717) is 11.0 Å². The highest BCUT2D eigenvalue weighted by atomic mass is 79.9. The number of aromatic carboxylic acids is 1. The number of rotatable bonds is 7. The van der Waals surface area contributed by atoms with E-state index in [-0.39, 0.29) is 17.6 Å². The minimum Gasteiger partial charge on any atom is -0.478 e. The molecular formula is C14H20BrNO3. The van der Waals surface area contributed by atoms with E-state index < -0.39 is 5.97 Å². The summed E-state index contributed by atoms with van der Waals surface area (Å²) in [5, 5.41) is 21.7. The second-order valence-electron chi connectivity index (χ2n) is 4.72. The number of anilines is 1. The van der Waals surface area contributed by atoms with Crippen molar-refractivity contribution in [2.75, 3.05) is 18.5 Å². The molecule has 0 radical (unpaired) electrons. The number of carboxylic acids is 1. The largest absolute Gasteiger partial charge is 0.478 e. The molecule has 0 saturated carbocycles. The first kappa shape index (κ1) is 16.0. The fourth-order valence-corrected chi connectivity index (χ4v) is 2.37. The molecule has 4 nitrogen and oxygen atoms in total. The average Bonchev–Trinajstić information content (AvgIpc) is 2.42. The summed E-state index contributed by atoms with van der Waals surface area (Å²) in [4.78, 5) is 10.8. The van der Waals surface area contributed by atoms with Gasteiger partial charge in [-0.3, -0.25) is 0 Å². The number of hydrogen-bond acceptors (Lipinski definition) is 3. The van der Waals surface area contributed by atoms with Gasteiger partial charge in [-0.1, -0.05) is 13.8 Å². The van der Waals surface area contributed by atoms with Crippen LogP contribution in [0.1, 0.15) is 37.0 Å². The van der Waals surface area contributed by atoms with Crippen molar-refractivity contribution in [2.45, 2.75) is 26.7 Å². The molecule has 106 valence electrons. The van der Waals surface area contributed by atoms with Crippen molar-refractivity contribution in [3.05, 3.63) is 28.2 Å². The first-order valence-electron chi connectivity index (χ1n) is 6.35. The number of halogens is 1. The smallest absolute Gasteiger partial charge is 0.335 e. The highest BCUT2D eigenvalue weighted by Crippen LogP contribution is 2.29. The van der Waals surface area contributed by atoms with Gasteiger partial charge in [-0.25, -0.2) is 4.79 Å². The average molecular weight is 330 g/mol. The van der Waals surface area contributed by atoms with Crippen LogP contribution in [-0.4, -0.2) is 29.3 Å². The van der Waals surface area contributed by atoms with Crippen LogP contribution in [0.2, 0.25) is 0 Å². The maximum absolute atomic E-state index is 10.8. The van der Waals surface area contributed by atoms with E-state index >= 15 is 0 Å². The molecule has 1 aromatic carbocycles. The molecular weight excluding hydrogens is 310 g/mol. The molecule has 0 aromatic heterocycles. The lowest BCUT2D eigenvalue weighted by Gasteiger charge is -2.30. The Labute approximate surface area is 122 Å². The summed E-state index contributed by atoms with van der Waals surface area (Å²) < 4.78 is 0.714. The number of aliphatic hydroxyl groups is 1. The summed E-state index contributed by atoms with van der Waals surface area (Å²) in [6.45, 7) is 4.91. The Morgan fingerprint density at radius 3 is 2.42 bits per heavy atom.